The number of benzene rings is 1. The number of aromatic nitrogens is 3. The molecule has 4 rings (SSSR count). The van der Waals surface area contributed by atoms with Gasteiger partial charge in [0, 0.05) is 43.7 Å². The van der Waals surface area contributed by atoms with Crippen LogP contribution in [0.25, 0.3) is 10.9 Å². The first kappa shape index (κ1) is 19.2. The van der Waals surface area contributed by atoms with Gasteiger partial charge in [0.05, 0.1) is 24.6 Å². The fourth-order valence-electron chi connectivity index (χ4n) is 3.87. The first-order valence-electron chi connectivity index (χ1n) is 9.90. The highest BCUT2D eigenvalue weighted by atomic mass is 16.5. The van der Waals surface area contributed by atoms with Crippen molar-refractivity contribution in [2.45, 2.75) is 19.8 Å². The molecule has 0 aliphatic carbocycles. The van der Waals surface area contributed by atoms with Gasteiger partial charge < -0.3 is 14.4 Å². The summed E-state index contributed by atoms with van der Waals surface area (Å²) in [5.74, 6) is 2.09. The van der Waals surface area contributed by atoms with E-state index in [-0.39, 0.29) is 5.91 Å². The highest BCUT2D eigenvalue weighted by molar-refractivity contribution is 5.98. The quantitative estimate of drug-likeness (QED) is 0.665. The Bertz CT molecular complexity index is 1020. The van der Waals surface area contributed by atoms with Crippen LogP contribution in [0, 0.1) is 12.8 Å². The van der Waals surface area contributed by atoms with E-state index < -0.39 is 0 Å². The van der Waals surface area contributed by atoms with Crippen molar-refractivity contribution in [1.29, 1.82) is 0 Å². The third kappa shape index (κ3) is 3.90. The fourth-order valence-corrected chi connectivity index (χ4v) is 3.87. The Hall–Kier alpha value is -3.09. The SMILES string of the molecule is COc1c2ccc(C(=O)N3CCC(COc4ccncc4C)CC3)cc2nn1C. The number of carbonyl (C=O) groups excluding carboxylic acids is 1. The Kier molecular flexibility index (Phi) is 5.38. The van der Waals surface area contributed by atoms with Crippen molar-refractivity contribution in [2.75, 3.05) is 26.8 Å². The number of likely N-dealkylation sites (tertiary alicyclic amines) is 1. The Labute approximate surface area is 170 Å². The van der Waals surface area contributed by atoms with E-state index in [1.54, 1.807) is 18.0 Å². The van der Waals surface area contributed by atoms with E-state index in [0.717, 1.165) is 48.1 Å². The van der Waals surface area contributed by atoms with Crippen LogP contribution in [-0.2, 0) is 7.05 Å². The van der Waals surface area contributed by atoms with E-state index in [1.807, 2.05) is 49.3 Å². The molecule has 0 bridgehead atoms. The number of methoxy groups -OCH3 is 1. The van der Waals surface area contributed by atoms with Crippen LogP contribution in [0.1, 0.15) is 28.8 Å². The number of hydrogen-bond acceptors (Lipinski definition) is 5. The highest BCUT2D eigenvalue weighted by Crippen LogP contribution is 2.27. The molecule has 0 N–H and O–H groups in total. The lowest BCUT2D eigenvalue weighted by Crippen LogP contribution is -2.39. The molecule has 1 aromatic carbocycles. The van der Waals surface area contributed by atoms with Crippen LogP contribution >= 0.6 is 0 Å². The minimum absolute atomic E-state index is 0.0564. The van der Waals surface area contributed by atoms with E-state index in [4.69, 9.17) is 9.47 Å². The van der Waals surface area contributed by atoms with Gasteiger partial charge in [0.1, 0.15) is 5.75 Å². The standard InChI is InChI=1S/C22H26N4O3/c1-15-13-23-9-6-20(15)29-14-16-7-10-26(11-8-16)21(27)17-4-5-18-19(12-17)24-25(2)22(18)28-3/h4-6,9,12-13,16H,7-8,10-11,14H2,1-3H3. The molecule has 0 radical (unpaired) electrons. The average Bonchev–Trinajstić information content (AvgIpc) is 3.07. The summed E-state index contributed by atoms with van der Waals surface area (Å²) >= 11 is 0. The molecule has 3 heterocycles. The molecule has 1 fully saturated rings. The highest BCUT2D eigenvalue weighted by Gasteiger charge is 2.25. The maximum absolute atomic E-state index is 13.0. The van der Waals surface area contributed by atoms with Crippen LogP contribution in [-0.4, -0.2) is 52.4 Å². The summed E-state index contributed by atoms with van der Waals surface area (Å²) in [6.45, 7) is 4.15. The van der Waals surface area contributed by atoms with Crippen LogP contribution in [0.15, 0.2) is 36.7 Å². The second kappa shape index (κ2) is 8.11. The molecule has 1 aliphatic rings. The molecular formula is C22H26N4O3. The second-order valence-corrected chi connectivity index (χ2v) is 7.55. The van der Waals surface area contributed by atoms with Crippen molar-refractivity contribution in [2.24, 2.45) is 13.0 Å². The summed E-state index contributed by atoms with van der Waals surface area (Å²) in [4.78, 5) is 19.0. The second-order valence-electron chi connectivity index (χ2n) is 7.55. The van der Waals surface area contributed by atoms with E-state index in [1.165, 1.54) is 0 Å². The van der Waals surface area contributed by atoms with Gasteiger partial charge in [-0.2, -0.15) is 5.10 Å². The third-order valence-corrected chi connectivity index (χ3v) is 5.57. The zero-order valence-corrected chi connectivity index (χ0v) is 17.1. The van der Waals surface area contributed by atoms with Gasteiger partial charge >= 0.3 is 0 Å². The minimum Gasteiger partial charge on any atom is -0.493 e. The first-order valence-corrected chi connectivity index (χ1v) is 9.90. The van der Waals surface area contributed by atoms with E-state index in [9.17, 15) is 4.79 Å². The largest absolute Gasteiger partial charge is 0.493 e. The zero-order chi connectivity index (χ0) is 20.4. The van der Waals surface area contributed by atoms with Gasteiger partial charge in [-0.25, -0.2) is 4.68 Å². The maximum Gasteiger partial charge on any atom is 0.253 e. The maximum atomic E-state index is 13.0. The molecule has 2 aromatic heterocycles. The van der Waals surface area contributed by atoms with Gasteiger partial charge in [-0.3, -0.25) is 9.78 Å². The lowest BCUT2D eigenvalue weighted by atomic mass is 9.97. The van der Waals surface area contributed by atoms with Crippen LogP contribution in [0.3, 0.4) is 0 Å². The summed E-state index contributed by atoms with van der Waals surface area (Å²) in [5, 5.41) is 5.36. The molecule has 0 saturated carbocycles. The number of piperidine rings is 1. The van der Waals surface area contributed by atoms with Crippen molar-refractivity contribution in [3.8, 4) is 11.6 Å². The van der Waals surface area contributed by atoms with Gasteiger partial charge in [-0.1, -0.05) is 0 Å². The summed E-state index contributed by atoms with van der Waals surface area (Å²) < 4.78 is 13.0. The van der Waals surface area contributed by atoms with Crippen LogP contribution < -0.4 is 9.47 Å². The molecule has 29 heavy (non-hydrogen) atoms. The third-order valence-electron chi connectivity index (χ3n) is 5.57. The molecule has 7 nitrogen and oxygen atoms in total. The Morgan fingerprint density at radius 3 is 2.76 bits per heavy atom. The molecule has 0 unspecified atom stereocenters. The van der Waals surface area contributed by atoms with Gasteiger partial charge in [-0.05, 0) is 49.9 Å². The van der Waals surface area contributed by atoms with E-state index >= 15 is 0 Å². The van der Waals surface area contributed by atoms with Crippen molar-refractivity contribution >= 4 is 16.8 Å². The van der Waals surface area contributed by atoms with Crippen molar-refractivity contribution in [3.05, 3.63) is 47.8 Å². The molecule has 0 spiro atoms. The topological polar surface area (TPSA) is 69.5 Å². The number of carbonyl (C=O) groups is 1. The van der Waals surface area contributed by atoms with Crippen molar-refractivity contribution in [3.63, 3.8) is 0 Å². The average molecular weight is 394 g/mol. The number of amides is 1. The molecule has 1 amide bonds. The van der Waals surface area contributed by atoms with Gasteiger partial charge in [0.2, 0.25) is 5.88 Å². The summed E-state index contributed by atoms with van der Waals surface area (Å²) in [5.41, 5.74) is 2.48. The van der Waals surface area contributed by atoms with Gasteiger partial charge in [0.25, 0.3) is 5.91 Å². The van der Waals surface area contributed by atoms with Crippen LogP contribution in [0.5, 0.6) is 11.6 Å². The number of hydrogen-bond donors (Lipinski definition) is 0. The van der Waals surface area contributed by atoms with Crippen LogP contribution in [0.2, 0.25) is 0 Å². The fraction of sp³-hybridized carbons (Fsp3) is 0.409. The predicted molar refractivity (Wildman–Crippen MR) is 110 cm³/mol. The molecule has 1 saturated heterocycles. The number of rotatable bonds is 5. The van der Waals surface area contributed by atoms with Crippen molar-refractivity contribution in [1.82, 2.24) is 19.7 Å². The molecule has 1 aliphatic heterocycles. The summed E-state index contributed by atoms with van der Waals surface area (Å²) in [6, 6.07) is 7.51. The number of fused-ring (bicyclic) bond motifs is 1. The molecule has 7 heteroatoms. The van der Waals surface area contributed by atoms with E-state index in [0.29, 0.717) is 24.0 Å². The predicted octanol–water partition coefficient (Wildman–Crippen LogP) is 3.22. The monoisotopic (exact) mass is 394 g/mol. The van der Waals surface area contributed by atoms with Crippen molar-refractivity contribution < 1.29 is 14.3 Å². The van der Waals surface area contributed by atoms with Gasteiger partial charge in [-0.15, -0.1) is 0 Å². The molecule has 152 valence electrons. The molecule has 0 atom stereocenters. The lowest BCUT2D eigenvalue weighted by Gasteiger charge is -2.32. The Morgan fingerprint density at radius 2 is 2.03 bits per heavy atom. The first-order chi connectivity index (χ1) is 14.1. The lowest BCUT2D eigenvalue weighted by molar-refractivity contribution is 0.0661. The van der Waals surface area contributed by atoms with Crippen LogP contribution in [0.4, 0.5) is 0 Å². The summed E-state index contributed by atoms with van der Waals surface area (Å²) in [7, 11) is 3.46. The molecular weight excluding hydrogens is 368 g/mol. The van der Waals surface area contributed by atoms with Gasteiger partial charge in [0.15, 0.2) is 0 Å². The number of ether oxygens (including phenoxy) is 2. The Balaban J connectivity index is 1.36. The minimum atomic E-state index is 0.0564. The zero-order valence-electron chi connectivity index (χ0n) is 17.1. The number of pyridine rings is 1. The smallest absolute Gasteiger partial charge is 0.253 e. The number of nitrogens with zero attached hydrogens (tertiary/aromatic N) is 4. The Morgan fingerprint density at radius 1 is 1.24 bits per heavy atom. The number of aryl methyl sites for hydroxylation is 2. The molecule has 3 aromatic rings. The normalized spacial score (nSPS) is 14.9. The van der Waals surface area contributed by atoms with E-state index in [2.05, 4.69) is 10.1 Å². The summed E-state index contributed by atoms with van der Waals surface area (Å²) in [6.07, 6.45) is 5.44.